The summed E-state index contributed by atoms with van der Waals surface area (Å²) in [5.41, 5.74) is 9.20. The zero-order valence-corrected chi connectivity index (χ0v) is 23.3. The molecule has 0 bridgehead atoms. The van der Waals surface area contributed by atoms with E-state index in [0.717, 1.165) is 78.0 Å². The highest BCUT2D eigenvalue weighted by Gasteiger charge is 2.48. The van der Waals surface area contributed by atoms with Crippen LogP contribution in [-0.4, -0.2) is 62.7 Å². The molecule has 5 heterocycles. The third-order valence-electron chi connectivity index (χ3n) is 7.69. The molecule has 196 valence electrons. The summed E-state index contributed by atoms with van der Waals surface area (Å²) in [5.74, 6) is 0.854. The molecule has 1 spiro atoms. The molecular weight excluding hydrogens is 518 g/mol. The largest absolute Gasteiger partial charge is 0.351 e. The number of likely N-dealkylation sites (tertiary alicyclic amines) is 1. The highest BCUT2D eigenvalue weighted by Crippen LogP contribution is 2.42. The molecule has 6 rings (SSSR count). The van der Waals surface area contributed by atoms with Gasteiger partial charge in [-0.15, -0.1) is 5.10 Å². The maximum atomic E-state index is 12.1. The first kappa shape index (κ1) is 24.6. The molecule has 2 aliphatic rings. The van der Waals surface area contributed by atoms with Crippen LogP contribution in [0.1, 0.15) is 42.3 Å². The lowest BCUT2D eigenvalue weighted by molar-refractivity contribution is 0.165. The second-order valence-electron chi connectivity index (χ2n) is 10.0. The molecule has 1 aromatic carbocycles. The summed E-state index contributed by atoms with van der Waals surface area (Å²) in [5, 5.41) is 16.4. The van der Waals surface area contributed by atoms with Crippen molar-refractivity contribution in [2.45, 2.75) is 45.1 Å². The summed E-state index contributed by atoms with van der Waals surface area (Å²) in [4.78, 5) is 29.3. The van der Waals surface area contributed by atoms with Crippen molar-refractivity contribution in [1.29, 1.82) is 5.26 Å². The van der Waals surface area contributed by atoms with Crippen LogP contribution < -0.4 is 15.5 Å². The van der Waals surface area contributed by atoms with E-state index in [2.05, 4.69) is 17.9 Å². The molecule has 0 radical (unpaired) electrons. The van der Waals surface area contributed by atoms with Crippen molar-refractivity contribution in [2.24, 2.45) is 5.73 Å². The van der Waals surface area contributed by atoms with E-state index in [1.165, 1.54) is 11.3 Å². The number of amides is 2. The van der Waals surface area contributed by atoms with E-state index in [0.29, 0.717) is 15.7 Å². The summed E-state index contributed by atoms with van der Waals surface area (Å²) < 4.78 is 1.89. The van der Waals surface area contributed by atoms with E-state index in [1.807, 2.05) is 52.6 Å². The summed E-state index contributed by atoms with van der Waals surface area (Å²) in [7, 11) is 1.95. The van der Waals surface area contributed by atoms with Gasteiger partial charge in [-0.25, -0.2) is 14.8 Å². The fourth-order valence-electron chi connectivity index (χ4n) is 5.72. The number of thiazole rings is 1. The zero-order chi connectivity index (χ0) is 26.6. The number of imidazole rings is 1. The lowest BCUT2D eigenvalue weighted by Crippen LogP contribution is -2.51. The van der Waals surface area contributed by atoms with Gasteiger partial charge in [0.25, 0.3) is 0 Å². The first-order chi connectivity index (χ1) is 18.3. The number of primary amides is 1. The summed E-state index contributed by atoms with van der Waals surface area (Å²) in [6.45, 7) is 6.40. The Hall–Kier alpha value is -3.69. The number of anilines is 3. The molecule has 2 saturated heterocycles. The molecule has 2 aliphatic heterocycles. The number of aryl methyl sites for hydroxylation is 2. The average molecular weight is 548 g/mol. The van der Waals surface area contributed by atoms with Crippen LogP contribution in [-0.2, 0) is 6.42 Å². The molecule has 10 nitrogen and oxygen atoms in total. The molecule has 4 aromatic rings. The molecule has 2 N–H and O–H groups in total. The van der Waals surface area contributed by atoms with Crippen LogP contribution in [0.25, 0.3) is 16.2 Å². The fourth-order valence-corrected chi connectivity index (χ4v) is 7.51. The van der Waals surface area contributed by atoms with Crippen molar-refractivity contribution in [2.75, 3.05) is 36.5 Å². The van der Waals surface area contributed by atoms with Crippen molar-refractivity contribution in [3.8, 4) is 17.3 Å². The number of fused-ring (bicyclic) bond motifs is 1. The Balaban J connectivity index is 1.34. The van der Waals surface area contributed by atoms with Crippen LogP contribution in [0.2, 0.25) is 0 Å². The summed E-state index contributed by atoms with van der Waals surface area (Å²) in [6, 6.07) is 10.1. The Labute approximate surface area is 228 Å². The molecule has 38 heavy (non-hydrogen) atoms. The number of nitrogens with zero attached hydrogens (tertiary/aromatic N) is 8. The predicted octanol–water partition coefficient (Wildman–Crippen LogP) is 4.55. The Morgan fingerprint density at radius 2 is 2.00 bits per heavy atom. The summed E-state index contributed by atoms with van der Waals surface area (Å²) >= 11 is 2.93. The standard InChI is InChI=1S/C26H29N9OS2/c1-4-18-21(32(3)23-30-20(19(14-27)37-23)17-8-6-16(2)7-9-17)35-24(29-18)38-25(31-35)33-13-11-26(15-33)10-5-12-34(26)22(28)36/h6-9H,4-5,10-13,15H2,1-3H3,(H2,28,36). The Kier molecular flexibility index (Phi) is 6.00. The molecule has 1 atom stereocenters. The molecule has 3 aromatic heterocycles. The minimum absolute atomic E-state index is 0.200. The minimum Gasteiger partial charge on any atom is -0.351 e. The highest BCUT2D eigenvalue weighted by atomic mass is 32.1. The number of hydrogen-bond acceptors (Lipinski definition) is 9. The number of carbonyl (C=O) groups excluding carboxylic acids is 1. The Bertz CT molecular complexity index is 1560. The Morgan fingerprint density at radius 1 is 1.21 bits per heavy atom. The topological polar surface area (TPSA) is 120 Å². The SMILES string of the molecule is CCc1nc2sc(N3CCC4(CCCN4C(N)=O)C3)nn2c1N(C)c1nc(-c2ccc(C)cc2)c(C#N)s1. The second kappa shape index (κ2) is 9.25. The van der Waals surface area contributed by atoms with Crippen LogP contribution in [0.4, 0.5) is 20.9 Å². The van der Waals surface area contributed by atoms with E-state index < -0.39 is 0 Å². The van der Waals surface area contributed by atoms with Crippen LogP contribution in [0.15, 0.2) is 24.3 Å². The zero-order valence-electron chi connectivity index (χ0n) is 21.6. The van der Waals surface area contributed by atoms with Gasteiger partial charge in [0.05, 0.1) is 11.2 Å². The third kappa shape index (κ3) is 3.88. The van der Waals surface area contributed by atoms with E-state index >= 15 is 0 Å². The smallest absolute Gasteiger partial charge is 0.315 e. The van der Waals surface area contributed by atoms with Gasteiger partial charge in [-0.3, -0.25) is 0 Å². The summed E-state index contributed by atoms with van der Waals surface area (Å²) in [6.07, 6.45) is 3.59. The fraction of sp³-hybridized carbons (Fsp3) is 0.423. The Morgan fingerprint density at radius 3 is 2.71 bits per heavy atom. The van der Waals surface area contributed by atoms with Crippen molar-refractivity contribution < 1.29 is 4.79 Å². The van der Waals surface area contributed by atoms with Crippen LogP contribution in [0.3, 0.4) is 0 Å². The monoisotopic (exact) mass is 547 g/mol. The van der Waals surface area contributed by atoms with Gasteiger partial charge in [-0.2, -0.15) is 9.78 Å². The number of benzene rings is 1. The molecule has 12 heteroatoms. The predicted molar refractivity (Wildman–Crippen MR) is 150 cm³/mol. The van der Waals surface area contributed by atoms with Crippen molar-refractivity contribution in [1.82, 2.24) is 24.5 Å². The first-order valence-corrected chi connectivity index (χ1v) is 14.4. The van der Waals surface area contributed by atoms with Gasteiger partial charge < -0.3 is 20.4 Å². The number of nitriles is 1. The van der Waals surface area contributed by atoms with E-state index in [4.69, 9.17) is 20.8 Å². The van der Waals surface area contributed by atoms with E-state index in [1.54, 1.807) is 11.3 Å². The second-order valence-corrected chi connectivity index (χ2v) is 11.9. The molecule has 2 fully saturated rings. The van der Waals surface area contributed by atoms with Crippen LogP contribution in [0.5, 0.6) is 0 Å². The quantitative estimate of drug-likeness (QED) is 0.389. The van der Waals surface area contributed by atoms with E-state index in [9.17, 15) is 10.1 Å². The van der Waals surface area contributed by atoms with Crippen LogP contribution in [0, 0.1) is 18.3 Å². The lowest BCUT2D eigenvalue weighted by Gasteiger charge is -2.33. The maximum absolute atomic E-state index is 12.1. The van der Waals surface area contributed by atoms with Gasteiger partial charge in [-0.05, 0) is 32.6 Å². The van der Waals surface area contributed by atoms with Gasteiger partial charge >= 0.3 is 6.03 Å². The van der Waals surface area contributed by atoms with Gasteiger partial charge in [0.2, 0.25) is 10.1 Å². The van der Waals surface area contributed by atoms with Gasteiger partial charge in [0, 0.05) is 32.2 Å². The number of rotatable bonds is 5. The van der Waals surface area contributed by atoms with E-state index in [-0.39, 0.29) is 11.6 Å². The molecule has 0 aliphatic carbocycles. The normalized spacial score (nSPS) is 19.1. The molecular formula is C26H29N9OS2. The lowest BCUT2D eigenvalue weighted by atomic mass is 9.95. The van der Waals surface area contributed by atoms with Crippen molar-refractivity contribution in [3.63, 3.8) is 0 Å². The van der Waals surface area contributed by atoms with Crippen LogP contribution >= 0.6 is 22.7 Å². The molecule has 2 amide bonds. The number of nitrogens with two attached hydrogens (primary N) is 1. The highest BCUT2D eigenvalue weighted by molar-refractivity contribution is 7.20. The number of aromatic nitrogens is 4. The third-order valence-corrected chi connectivity index (χ3v) is 9.69. The number of carbonyl (C=O) groups is 1. The molecule has 0 saturated carbocycles. The average Bonchev–Trinajstić information content (AvgIpc) is 3.72. The molecule has 1 unspecified atom stereocenters. The van der Waals surface area contributed by atoms with Gasteiger partial charge in [0.1, 0.15) is 16.6 Å². The maximum Gasteiger partial charge on any atom is 0.315 e. The number of urea groups is 1. The van der Waals surface area contributed by atoms with Crippen molar-refractivity contribution in [3.05, 3.63) is 40.4 Å². The van der Waals surface area contributed by atoms with Gasteiger partial charge in [0.15, 0.2) is 10.9 Å². The van der Waals surface area contributed by atoms with Crippen molar-refractivity contribution >= 4 is 49.7 Å². The number of hydrogen-bond donors (Lipinski definition) is 1. The minimum atomic E-state index is -0.333. The van der Waals surface area contributed by atoms with Gasteiger partial charge in [-0.1, -0.05) is 59.4 Å². The first-order valence-electron chi connectivity index (χ1n) is 12.8.